The molecule has 1 fully saturated rings. The number of hydrogen-bond acceptors (Lipinski definition) is 3. The van der Waals surface area contributed by atoms with Crippen molar-refractivity contribution in [3.63, 3.8) is 0 Å². The Bertz CT molecular complexity index is 300. The maximum absolute atomic E-state index is 11.7. The van der Waals surface area contributed by atoms with Crippen molar-refractivity contribution < 1.29 is 8.42 Å². The highest BCUT2D eigenvalue weighted by molar-refractivity contribution is 7.91. The molecule has 4 unspecified atom stereocenters. The molecule has 0 saturated heterocycles. The molecule has 0 aromatic heterocycles. The molecule has 0 aliphatic heterocycles. The first-order valence-electron chi connectivity index (χ1n) is 5.78. The van der Waals surface area contributed by atoms with E-state index < -0.39 is 9.84 Å². The summed E-state index contributed by atoms with van der Waals surface area (Å²) in [4.78, 5) is 0. The van der Waals surface area contributed by atoms with Crippen LogP contribution in [0.5, 0.6) is 0 Å². The van der Waals surface area contributed by atoms with E-state index >= 15 is 0 Å². The number of sulfone groups is 1. The van der Waals surface area contributed by atoms with Crippen molar-refractivity contribution in [3.8, 4) is 0 Å². The highest BCUT2D eigenvalue weighted by Crippen LogP contribution is 2.32. The predicted molar refractivity (Wildman–Crippen MR) is 63.7 cm³/mol. The van der Waals surface area contributed by atoms with Crippen molar-refractivity contribution in [1.29, 1.82) is 0 Å². The zero-order valence-corrected chi connectivity index (χ0v) is 11.0. The molecule has 1 saturated carbocycles. The normalized spacial score (nSPS) is 37.9. The van der Waals surface area contributed by atoms with E-state index in [0.717, 1.165) is 19.4 Å². The van der Waals surface area contributed by atoms with Crippen LogP contribution in [0.4, 0.5) is 0 Å². The van der Waals surface area contributed by atoms with Crippen LogP contribution in [0, 0.1) is 11.8 Å². The minimum atomic E-state index is -2.93. The van der Waals surface area contributed by atoms with Gasteiger partial charge in [0.05, 0.1) is 5.25 Å². The van der Waals surface area contributed by atoms with Gasteiger partial charge in [-0.25, -0.2) is 8.42 Å². The van der Waals surface area contributed by atoms with Crippen molar-refractivity contribution in [2.45, 2.75) is 44.9 Å². The topological polar surface area (TPSA) is 46.2 Å². The van der Waals surface area contributed by atoms with Crippen LogP contribution in [-0.4, -0.2) is 32.5 Å². The molecular weight excluding hydrogens is 210 g/mol. The van der Waals surface area contributed by atoms with Crippen LogP contribution in [0.25, 0.3) is 0 Å². The summed E-state index contributed by atoms with van der Waals surface area (Å²) in [7, 11) is -2.93. The second-order valence-electron chi connectivity index (χ2n) is 5.01. The number of rotatable bonds is 3. The second kappa shape index (κ2) is 4.83. The molecular formula is C11H23NO2S. The Labute approximate surface area is 93.6 Å². The van der Waals surface area contributed by atoms with E-state index in [1.165, 1.54) is 6.26 Å². The van der Waals surface area contributed by atoms with Crippen LogP contribution in [0.1, 0.15) is 33.6 Å². The van der Waals surface area contributed by atoms with Gasteiger partial charge < -0.3 is 5.32 Å². The first-order valence-corrected chi connectivity index (χ1v) is 7.74. The zero-order valence-electron chi connectivity index (χ0n) is 10.2. The third-order valence-electron chi connectivity index (χ3n) is 3.35. The van der Waals surface area contributed by atoms with Gasteiger partial charge in [-0.2, -0.15) is 0 Å². The lowest BCUT2D eigenvalue weighted by atomic mass is 9.80. The van der Waals surface area contributed by atoms with Gasteiger partial charge in [0.1, 0.15) is 0 Å². The van der Waals surface area contributed by atoms with Gasteiger partial charge >= 0.3 is 0 Å². The predicted octanol–water partition coefficient (Wildman–Crippen LogP) is 1.44. The summed E-state index contributed by atoms with van der Waals surface area (Å²) < 4.78 is 23.5. The van der Waals surface area contributed by atoms with E-state index in [1.807, 2.05) is 6.92 Å². The maximum Gasteiger partial charge on any atom is 0.152 e. The molecule has 0 spiro atoms. The number of nitrogens with one attached hydrogen (secondary N) is 1. The largest absolute Gasteiger partial charge is 0.313 e. The van der Waals surface area contributed by atoms with Crippen LogP contribution in [0.15, 0.2) is 0 Å². The summed E-state index contributed by atoms with van der Waals surface area (Å²) in [5.74, 6) is 0.898. The molecule has 0 aromatic carbocycles. The highest BCUT2D eigenvalue weighted by Gasteiger charge is 2.39. The van der Waals surface area contributed by atoms with E-state index in [1.54, 1.807) is 0 Å². The molecule has 0 radical (unpaired) electrons. The van der Waals surface area contributed by atoms with Crippen molar-refractivity contribution in [3.05, 3.63) is 0 Å². The Morgan fingerprint density at radius 1 is 1.27 bits per heavy atom. The SMILES string of the molecule is CCNC1CC(C)CC(C)C1S(C)(=O)=O. The van der Waals surface area contributed by atoms with Crippen molar-refractivity contribution in [1.82, 2.24) is 5.32 Å². The molecule has 1 aliphatic rings. The van der Waals surface area contributed by atoms with Crippen molar-refractivity contribution in [2.24, 2.45) is 11.8 Å². The maximum atomic E-state index is 11.7. The lowest BCUT2D eigenvalue weighted by molar-refractivity contribution is 0.244. The van der Waals surface area contributed by atoms with Gasteiger partial charge in [0.25, 0.3) is 0 Å². The Morgan fingerprint density at radius 2 is 1.87 bits per heavy atom. The van der Waals surface area contributed by atoms with Crippen LogP contribution >= 0.6 is 0 Å². The molecule has 90 valence electrons. The van der Waals surface area contributed by atoms with Crippen molar-refractivity contribution in [2.75, 3.05) is 12.8 Å². The molecule has 1 rings (SSSR count). The summed E-state index contributed by atoms with van der Waals surface area (Å²) in [6.45, 7) is 7.14. The monoisotopic (exact) mass is 233 g/mol. The third-order valence-corrected chi connectivity index (χ3v) is 5.13. The Balaban J connectivity index is 2.87. The van der Waals surface area contributed by atoms with Crippen molar-refractivity contribution >= 4 is 9.84 Å². The molecule has 0 bridgehead atoms. The minimum absolute atomic E-state index is 0.142. The van der Waals surface area contributed by atoms with E-state index in [9.17, 15) is 8.42 Å². The number of hydrogen-bond donors (Lipinski definition) is 1. The van der Waals surface area contributed by atoms with Gasteiger partial charge in [-0.1, -0.05) is 20.8 Å². The van der Waals surface area contributed by atoms with E-state index in [-0.39, 0.29) is 17.2 Å². The van der Waals surface area contributed by atoms with Gasteiger partial charge in [-0.3, -0.25) is 0 Å². The third kappa shape index (κ3) is 3.18. The summed E-state index contributed by atoms with van der Waals surface area (Å²) in [5, 5.41) is 3.12. The molecule has 4 heteroatoms. The quantitative estimate of drug-likeness (QED) is 0.802. The van der Waals surface area contributed by atoms with Gasteiger partial charge in [0.15, 0.2) is 9.84 Å². The lowest BCUT2D eigenvalue weighted by Crippen LogP contribution is -2.51. The Kier molecular flexibility index (Phi) is 4.18. The van der Waals surface area contributed by atoms with Crippen LogP contribution in [-0.2, 0) is 9.84 Å². The molecule has 15 heavy (non-hydrogen) atoms. The van der Waals surface area contributed by atoms with Gasteiger partial charge in [-0.15, -0.1) is 0 Å². The van der Waals surface area contributed by atoms with E-state index in [4.69, 9.17) is 0 Å². The fourth-order valence-corrected chi connectivity index (χ4v) is 4.77. The fourth-order valence-electron chi connectivity index (χ4n) is 3.01. The fraction of sp³-hybridized carbons (Fsp3) is 1.00. The molecule has 0 aromatic rings. The summed E-state index contributed by atoms with van der Waals surface area (Å²) >= 11 is 0. The molecule has 0 heterocycles. The first kappa shape index (κ1) is 13.0. The van der Waals surface area contributed by atoms with Gasteiger partial charge in [-0.05, 0) is 31.2 Å². The summed E-state index contributed by atoms with van der Waals surface area (Å²) in [5.41, 5.74) is 0. The Morgan fingerprint density at radius 3 is 2.33 bits per heavy atom. The van der Waals surface area contributed by atoms with Crippen LogP contribution in [0.2, 0.25) is 0 Å². The molecule has 1 N–H and O–H groups in total. The average molecular weight is 233 g/mol. The standard InChI is InChI=1S/C11H23NO2S/c1-5-12-10-7-8(2)6-9(3)11(10)15(4,13)14/h8-12H,5-7H2,1-4H3. The zero-order chi connectivity index (χ0) is 11.6. The highest BCUT2D eigenvalue weighted by atomic mass is 32.2. The summed E-state index contributed by atoms with van der Waals surface area (Å²) in [6.07, 6.45) is 3.38. The smallest absolute Gasteiger partial charge is 0.152 e. The molecule has 1 aliphatic carbocycles. The second-order valence-corrected chi connectivity index (χ2v) is 7.22. The average Bonchev–Trinajstić information content (AvgIpc) is 1.99. The Hall–Kier alpha value is -0.0900. The molecule has 0 amide bonds. The van der Waals surface area contributed by atoms with E-state index in [2.05, 4.69) is 19.2 Å². The first-order chi connectivity index (χ1) is 6.86. The van der Waals surface area contributed by atoms with Gasteiger partial charge in [0, 0.05) is 12.3 Å². The van der Waals surface area contributed by atoms with Crippen LogP contribution in [0.3, 0.4) is 0 Å². The molecule has 4 atom stereocenters. The minimum Gasteiger partial charge on any atom is -0.313 e. The van der Waals surface area contributed by atoms with Crippen LogP contribution < -0.4 is 5.32 Å². The van der Waals surface area contributed by atoms with E-state index in [0.29, 0.717) is 5.92 Å². The lowest BCUT2D eigenvalue weighted by Gasteiger charge is -2.38. The molecule has 3 nitrogen and oxygen atoms in total. The summed E-state index contributed by atoms with van der Waals surface area (Å²) in [6, 6.07) is 0.142. The van der Waals surface area contributed by atoms with Gasteiger partial charge in [0.2, 0.25) is 0 Å².